The van der Waals surface area contributed by atoms with Crippen LogP contribution in [-0.4, -0.2) is 35.8 Å². The van der Waals surface area contributed by atoms with Gasteiger partial charge in [0, 0.05) is 6.54 Å². The summed E-state index contributed by atoms with van der Waals surface area (Å²) in [6.07, 6.45) is 0.440. The van der Waals surface area contributed by atoms with Crippen LogP contribution in [0.1, 0.15) is 33.6 Å². The maximum atomic E-state index is 13.6. The Hall–Kier alpha value is -1.85. The number of hydrogen-bond acceptors (Lipinski definition) is 3. The lowest BCUT2D eigenvalue weighted by Gasteiger charge is -2.34. The molecule has 2 rings (SSSR count). The van der Waals surface area contributed by atoms with Crippen LogP contribution in [0.25, 0.3) is 0 Å². The zero-order valence-electron chi connectivity index (χ0n) is 13.1. The molecule has 0 saturated carbocycles. The average Bonchev–Trinajstić information content (AvgIpc) is 2.41. The summed E-state index contributed by atoms with van der Waals surface area (Å²) in [7, 11) is 0. The molecule has 22 heavy (non-hydrogen) atoms. The van der Waals surface area contributed by atoms with Gasteiger partial charge in [0.05, 0.1) is 6.54 Å². The van der Waals surface area contributed by atoms with Crippen molar-refractivity contribution in [2.75, 3.05) is 13.1 Å². The van der Waals surface area contributed by atoms with E-state index in [2.05, 4.69) is 0 Å². The number of halogens is 2. The zero-order chi connectivity index (χ0) is 16.3. The van der Waals surface area contributed by atoms with Crippen molar-refractivity contribution in [2.45, 2.75) is 45.3 Å². The smallest absolute Gasteiger partial charge is 0.410 e. The predicted molar refractivity (Wildman–Crippen MR) is 77.8 cm³/mol. The molecule has 1 saturated heterocycles. The van der Waals surface area contributed by atoms with E-state index in [1.807, 2.05) is 0 Å². The van der Waals surface area contributed by atoms with Crippen molar-refractivity contribution in [1.82, 2.24) is 4.90 Å². The summed E-state index contributed by atoms with van der Waals surface area (Å²) < 4.78 is 38.0. The van der Waals surface area contributed by atoms with Gasteiger partial charge in [0.2, 0.25) is 0 Å². The van der Waals surface area contributed by atoms with E-state index in [1.54, 1.807) is 20.8 Å². The lowest BCUT2D eigenvalue weighted by atomic mass is 10.1. The van der Waals surface area contributed by atoms with E-state index in [-0.39, 0.29) is 6.54 Å². The number of ether oxygens (including phenoxy) is 2. The van der Waals surface area contributed by atoms with Crippen LogP contribution in [0.4, 0.5) is 13.6 Å². The fourth-order valence-electron chi connectivity index (χ4n) is 2.29. The van der Waals surface area contributed by atoms with Gasteiger partial charge in [-0.25, -0.2) is 13.6 Å². The molecular weight excluding hydrogens is 292 g/mol. The van der Waals surface area contributed by atoms with Crippen molar-refractivity contribution in [3.63, 3.8) is 0 Å². The molecule has 0 spiro atoms. The second-order valence-corrected chi connectivity index (χ2v) is 6.36. The number of likely N-dealkylation sites (tertiary alicyclic amines) is 1. The van der Waals surface area contributed by atoms with Crippen molar-refractivity contribution in [1.29, 1.82) is 0 Å². The topological polar surface area (TPSA) is 38.8 Å². The number of amides is 1. The number of piperidine rings is 1. The molecule has 1 atom stereocenters. The summed E-state index contributed by atoms with van der Waals surface area (Å²) in [5.41, 5.74) is -0.581. The maximum absolute atomic E-state index is 13.6. The Bertz CT molecular complexity index is 522. The predicted octanol–water partition coefficient (Wildman–Crippen LogP) is 3.74. The molecule has 1 aliphatic rings. The van der Waals surface area contributed by atoms with Crippen LogP contribution < -0.4 is 4.74 Å². The standard InChI is InChI=1S/C16H21F2NO3/c1-16(2,3)22-15(20)19-9-5-6-11(10-19)21-14-12(17)7-4-8-13(14)18/h4,7-8,11H,5-6,9-10H2,1-3H3/t11-/m1/s1. The van der Waals surface area contributed by atoms with Gasteiger partial charge in [-0.05, 0) is 45.7 Å². The van der Waals surface area contributed by atoms with E-state index in [9.17, 15) is 13.6 Å². The molecule has 6 heteroatoms. The summed E-state index contributed by atoms with van der Waals surface area (Å²) in [4.78, 5) is 13.6. The van der Waals surface area contributed by atoms with Gasteiger partial charge in [0.15, 0.2) is 17.4 Å². The highest BCUT2D eigenvalue weighted by Crippen LogP contribution is 2.25. The van der Waals surface area contributed by atoms with E-state index >= 15 is 0 Å². The van der Waals surface area contributed by atoms with Crippen LogP contribution in [0.3, 0.4) is 0 Å². The fraction of sp³-hybridized carbons (Fsp3) is 0.562. The lowest BCUT2D eigenvalue weighted by molar-refractivity contribution is 0.00692. The van der Waals surface area contributed by atoms with E-state index < -0.39 is 35.2 Å². The highest BCUT2D eigenvalue weighted by molar-refractivity contribution is 5.68. The quantitative estimate of drug-likeness (QED) is 0.835. The van der Waals surface area contributed by atoms with Crippen LogP contribution >= 0.6 is 0 Å². The van der Waals surface area contributed by atoms with Gasteiger partial charge in [0.1, 0.15) is 11.7 Å². The minimum Gasteiger partial charge on any atom is -0.482 e. The van der Waals surface area contributed by atoms with Gasteiger partial charge in [-0.15, -0.1) is 0 Å². The van der Waals surface area contributed by atoms with Crippen LogP contribution in [0, 0.1) is 11.6 Å². The fourth-order valence-corrected chi connectivity index (χ4v) is 2.29. The molecule has 0 bridgehead atoms. The number of hydrogen-bond donors (Lipinski definition) is 0. The highest BCUT2D eigenvalue weighted by atomic mass is 19.1. The second kappa shape index (κ2) is 6.50. The highest BCUT2D eigenvalue weighted by Gasteiger charge is 2.29. The van der Waals surface area contributed by atoms with Gasteiger partial charge < -0.3 is 14.4 Å². The van der Waals surface area contributed by atoms with Gasteiger partial charge in [-0.2, -0.15) is 0 Å². The molecule has 122 valence electrons. The Morgan fingerprint density at radius 2 is 1.91 bits per heavy atom. The minimum absolute atomic E-state index is 0.253. The number of rotatable bonds is 2. The largest absolute Gasteiger partial charge is 0.482 e. The number of carbonyl (C=O) groups excluding carboxylic acids is 1. The van der Waals surface area contributed by atoms with Gasteiger partial charge in [-0.1, -0.05) is 6.07 Å². The van der Waals surface area contributed by atoms with Crippen molar-refractivity contribution >= 4 is 6.09 Å². The zero-order valence-corrected chi connectivity index (χ0v) is 13.1. The monoisotopic (exact) mass is 313 g/mol. The van der Waals surface area contributed by atoms with Gasteiger partial charge in [0.25, 0.3) is 0 Å². The summed E-state index contributed by atoms with van der Waals surface area (Å²) in [6, 6.07) is 3.57. The summed E-state index contributed by atoms with van der Waals surface area (Å²) in [6.45, 7) is 6.17. The van der Waals surface area contributed by atoms with Crippen LogP contribution in [0.15, 0.2) is 18.2 Å². The summed E-state index contributed by atoms with van der Waals surface area (Å²) >= 11 is 0. The summed E-state index contributed by atoms with van der Waals surface area (Å²) in [5.74, 6) is -1.87. The minimum atomic E-state index is -0.741. The van der Waals surface area contributed by atoms with Crippen LogP contribution in [0.2, 0.25) is 0 Å². The third-order valence-corrected chi connectivity index (χ3v) is 3.23. The first-order valence-electron chi connectivity index (χ1n) is 7.35. The van der Waals surface area contributed by atoms with E-state index in [0.29, 0.717) is 19.4 Å². The SMILES string of the molecule is CC(C)(C)OC(=O)N1CCC[C@@H](Oc2c(F)cccc2F)C1. The molecule has 1 fully saturated rings. The van der Waals surface area contributed by atoms with Crippen molar-refractivity contribution in [3.05, 3.63) is 29.8 Å². The molecule has 0 aromatic heterocycles. The van der Waals surface area contributed by atoms with Crippen LogP contribution in [-0.2, 0) is 4.74 Å². The Labute approximate surface area is 129 Å². The Kier molecular flexibility index (Phi) is 4.88. The first-order valence-corrected chi connectivity index (χ1v) is 7.35. The molecule has 0 radical (unpaired) electrons. The molecule has 0 aliphatic carbocycles. The molecule has 0 unspecified atom stereocenters. The van der Waals surface area contributed by atoms with E-state index in [4.69, 9.17) is 9.47 Å². The molecule has 1 aromatic carbocycles. The van der Waals surface area contributed by atoms with Crippen molar-refractivity contribution < 1.29 is 23.0 Å². The average molecular weight is 313 g/mol. The van der Waals surface area contributed by atoms with E-state index in [0.717, 1.165) is 12.1 Å². The molecular formula is C16H21F2NO3. The maximum Gasteiger partial charge on any atom is 0.410 e. The van der Waals surface area contributed by atoms with E-state index in [1.165, 1.54) is 11.0 Å². The number of benzene rings is 1. The number of carbonyl (C=O) groups is 1. The lowest BCUT2D eigenvalue weighted by Crippen LogP contribution is -2.46. The van der Waals surface area contributed by atoms with Gasteiger partial charge in [-0.3, -0.25) is 0 Å². The van der Waals surface area contributed by atoms with Crippen LogP contribution in [0.5, 0.6) is 5.75 Å². The molecule has 1 amide bonds. The first-order chi connectivity index (χ1) is 10.3. The van der Waals surface area contributed by atoms with Crippen molar-refractivity contribution in [2.24, 2.45) is 0 Å². The molecule has 1 aromatic rings. The summed E-state index contributed by atoms with van der Waals surface area (Å²) in [5, 5.41) is 0. The normalized spacial score (nSPS) is 19.0. The Balaban J connectivity index is 2.00. The third kappa shape index (κ3) is 4.32. The molecule has 1 heterocycles. The third-order valence-electron chi connectivity index (χ3n) is 3.23. The van der Waals surface area contributed by atoms with Gasteiger partial charge >= 0.3 is 6.09 Å². The second-order valence-electron chi connectivity index (χ2n) is 6.36. The molecule has 4 nitrogen and oxygen atoms in total. The first kappa shape index (κ1) is 16.5. The Morgan fingerprint density at radius 1 is 1.27 bits per heavy atom. The number of nitrogens with zero attached hydrogens (tertiary/aromatic N) is 1. The number of para-hydroxylation sites is 1. The van der Waals surface area contributed by atoms with Crippen molar-refractivity contribution in [3.8, 4) is 5.75 Å². The molecule has 0 N–H and O–H groups in total. The Morgan fingerprint density at radius 3 is 2.50 bits per heavy atom. The molecule has 1 aliphatic heterocycles.